The van der Waals surface area contributed by atoms with Gasteiger partial charge in [0.25, 0.3) is 0 Å². The minimum atomic E-state index is -0.539. The molecular formula is C17H18BrClN2O. The van der Waals surface area contributed by atoms with Crippen LogP contribution in [-0.4, -0.2) is 11.9 Å². The maximum atomic E-state index is 12.0. The first-order valence-electron chi connectivity index (χ1n) is 7.01. The van der Waals surface area contributed by atoms with Gasteiger partial charge in [0.1, 0.15) is 0 Å². The van der Waals surface area contributed by atoms with E-state index in [0.717, 1.165) is 15.6 Å². The quantitative estimate of drug-likeness (QED) is 0.826. The minimum Gasteiger partial charge on any atom is -0.348 e. The number of benzene rings is 2. The number of nitrogens with one attached hydrogen (secondary N) is 1. The van der Waals surface area contributed by atoms with Crippen molar-refractivity contribution < 1.29 is 4.79 Å². The van der Waals surface area contributed by atoms with Gasteiger partial charge in [0.05, 0.1) is 12.1 Å². The summed E-state index contributed by atoms with van der Waals surface area (Å²) in [6.07, 6.45) is 0.678. The van der Waals surface area contributed by atoms with Gasteiger partial charge in [0, 0.05) is 9.50 Å². The summed E-state index contributed by atoms with van der Waals surface area (Å²) in [5, 5.41) is 3.70. The lowest BCUT2D eigenvalue weighted by atomic mass is 9.98. The zero-order valence-corrected chi connectivity index (χ0v) is 14.6. The topological polar surface area (TPSA) is 55.1 Å². The van der Waals surface area contributed by atoms with Crippen molar-refractivity contribution in [2.45, 2.75) is 25.4 Å². The molecule has 0 aromatic heterocycles. The first kappa shape index (κ1) is 17.0. The van der Waals surface area contributed by atoms with Crippen molar-refractivity contribution in [2.75, 3.05) is 0 Å². The molecule has 0 radical (unpaired) electrons. The molecule has 1 amide bonds. The lowest BCUT2D eigenvalue weighted by molar-refractivity contribution is -0.122. The number of hydrogen-bond acceptors (Lipinski definition) is 2. The smallest absolute Gasteiger partial charge is 0.237 e. The molecule has 0 spiro atoms. The Labute approximate surface area is 144 Å². The van der Waals surface area contributed by atoms with E-state index >= 15 is 0 Å². The van der Waals surface area contributed by atoms with Crippen molar-refractivity contribution in [3.05, 3.63) is 69.2 Å². The minimum absolute atomic E-state index is 0.132. The monoisotopic (exact) mass is 380 g/mol. The van der Waals surface area contributed by atoms with Gasteiger partial charge in [-0.3, -0.25) is 4.79 Å². The van der Waals surface area contributed by atoms with Crippen LogP contribution < -0.4 is 11.1 Å². The molecular weight excluding hydrogens is 364 g/mol. The summed E-state index contributed by atoms with van der Waals surface area (Å²) in [6.45, 7) is 1.68. The van der Waals surface area contributed by atoms with E-state index in [9.17, 15) is 4.79 Å². The van der Waals surface area contributed by atoms with Crippen LogP contribution in [-0.2, 0) is 11.2 Å². The van der Waals surface area contributed by atoms with Gasteiger partial charge in [-0.25, -0.2) is 0 Å². The van der Waals surface area contributed by atoms with E-state index < -0.39 is 6.04 Å². The van der Waals surface area contributed by atoms with Crippen LogP contribution >= 0.6 is 27.5 Å². The molecule has 0 aliphatic carbocycles. The van der Waals surface area contributed by atoms with Gasteiger partial charge >= 0.3 is 0 Å². The van der Waals surface area contributed by atoms with E-state index in [1.165, 1.54) is 0 Å². The summed E-state index contributed by atoms with van der Waals surface area (Å²) in [5.41, 5.74) is 7.80. The third-order valence-corrected chi connectivity index (χ3v) is 4.14. The second-order valence-electron chi connectivity index (χ2n) is 5.23. The number of hydrogen-bond donors (Lipinski definition) is 2. The van der Waals surface area contributed by atoms with Crippen LogP contribution in [0.4, 0.5) is 0 Å². The molecule has 0 fully saturated rings. The molecule has 116 valence electrons. The third kappa shape index (κ3) is 4.83. The van der Waals surface area contributed by atoms with E-state index in [4.69, 9.17) is 17.3 Å². The number of carbonyl (C=O) groups excluding carboxylic acids is 1. The van der Waals surface area contributed by atoms with Crippen molar-refractivity contribution in [1.82, 2.24) is 5.32 Å². The lowest BCUT2D eigenvalue weighted by Gasteiger charge is -2.21. The Hall–Kier alpha value is -1.36. The molecule has 0 bridgehead atoms. The predicted molar refractivity (Wildman–Crippen MR) is 93.8 cm³/mol. The summed E-state index contributed by atoms with van der Waals surface area (Å²) in [6, 6.07) is 14.9. The fourth-order valence-electron chi connectivity index (χ4n) is 2.11. The highest BCUT2D eigenvalue weighted by Crippen LogP contribution is 2.22. The summed E-state index contributed by atoms with van der Waals surface area (Å²) in [5.74, 6) is -0.165. The first-order chi connectivity index (χ1) is 10.5. The van der Waals surface area contributed by atoms with E-state index in [1.54, 1.807) is 6.92 Å². The van der Waals surface area contributed by atoms with Gasteiger partial charge in [-0.1, -0.05) is 51.8 Å². The number of nitrogens with two attached hydrogens (primary N) is 1. The van der Waals surface area contributed by atoms with Crippen molar-refractivity contribution in [3.8, 4) is 0 Å². The SMILES string of the molecule is C[C@H](N)C(=O)NC(Cc1ccc(Cl)cc1)c1ccc(Br)cc1. The molecule has 3 nitrogen and oxygen atoms in total. The van der Waals surface area contributed by atoms with Gasteiger partial charge < -0.3 is 11.1 Å². The summed E-state index contributed by atoms with van der Waals surface area (Å²) >= 11 is 9.34. The van der Waals surface area contributed by atoms with E-state index in [-0.39, 0.29) is 11.9 Å². The second-order valence-corrected chi connectivity index (χ2v) is 6.58. The molecule has 2 rings (SSSR count). The average molecular weight is 382 g/mol. The normalized spacial score (nSPS) is 13.5. The first-order valence-corrected chi connectivity index (χ1v) is 8.18. The fraction of sp³-hybridized carbons (Fsp3) is 0.235. The van der Waals surface area contributed by atoms with Gasteiger partial charge in [0.2, 0.25) is 5.91 Å². The highest BCUT2D eigenvalue weighted by Gasteiger charge is 2.17. The Morgan fingerprint density at radius 1 is 1.18 bits per heavy atom. The molecule has 22 heavy (non-hydrogen) atoms. The van der Waals surface area contributed by atoms with Crippen LogP contribution in [0.1, 0.15) is 24.1 Å². The number of rotatable bonds is 5. The fourth-order valence-corrected chi connectivity index (χ4v) is 2.50. The molecule has 0 heterocycles. The molecule has 0 saturated carbocycles. The second kappa shape index (κ2) is 7.77. The maximum Gasteiger partial charge on any atom is 0.237 e. The average Bonchev–Trinajstić information content (AvgIpc) is 2.49. The molecule has 3 N–H and O–H groups in total. The molecule has 0 aliphatic rings. The Morgan fingerprint density at radius 2 is 1.77 bits per heavy atom. The van der Waals surface area contributed by atoms with Crippen LogP contribution in [0.15, 0.2) is 53.0 Å². The van der Waals surface area contributed by atoms with E-state index in [2.05, 4.69) is 21.2 Å². The van der Waals surface area contributed by atoms with Crippen LogP contribution in [0.25, 0.3) is 0 Å². The highest BCUT2D eigenvalue weighted by atomic mass is 79.9. The van der Waals surface area contributed by atoms with Gasteiger partial charge in [0.15, 0.2) is 0 Å². The Morgan fingerprint density at radius 3 is 2.32 bits per heavy atom. The number of halogens is 2. The molecule has 5 heteroatoms. The number of carbonyl (C=O) groups is 1. The van der Waals surface area contributed by atoms with Crippen LogP contribution in [0.3, 0.4) is 0 Å². The highest BCUT2D eigenvalue weighted by molar-refractivity contribution is 9.10. The van der Waals surface area contributed by atoms with Gasteiger partial charge in [-0.2, -0.15) is 0 Å². The zero-order valence-electron chi connectivity index (χ0n) is 12.2. The molecule has 2 aromatic carbocycles. The molecule has 2 aromatic rings. The van der Waals surface area contributed by atoms with Gasteiger partial charge in [-0.05, 0) is 48.7 Å². The van der Waals surface area contributed by atoms with E-state index in [1.807, 2.05) is 48.5 Å². The Kier molecular flexibility index (Phi) is 6.00. The molecule has 1 unspecified atom stereocenters. The molecule has 0 saturated heterocycles. The van der Waals surface area contributed by atoms with Crippen molar-refractivity contribution in [1.29, 1.82) is 0 Å². The Bertz CT molecular complexity index is 626. The lowest BCUT2D eigenvalue weighted by Crippen LogP contribution is -2.40. The van der Waals surface area contributed by atoms with Crippen LogP contribution in [0, 0.1) is 0 Å². The zero-order chi connectivity index (χ0) is 16.1. The van der Waals surface area contributed by atoms with Crippen molar-refractivity contribution in [2.24, 2.45) is 5.73 Å². The van der Waals surface area contributed by atoms with Gasteiger partial charge in [-0.15, -0.1) is 0 Å². The van der Waals surface area contributed by atoms with E-state index in [0.29, 0.717) is 11.4 Å². The third-order valence-electron chi connectivity index (χ3n) is 3.36. The Balaban J connectivity index is 2.22. The van der Waals surface area contributed by atoms with Crippen molar-refractivity contribution >= 4 is 33.4 Å². The number of amides is 1. The van der Waals surface area contributed by atoms with Crippen LogP contribution in [0.2, 0.25) is 5.02 Å². The summed E-state index contributed by atoms with van der Waals surface area (Å²) < 4.78 is 1.00. The summed E-state index contributed by atoms with van der Waals surface area (Å²) in [4.78, 5) is 12.0. The molecule has 0 aliphatic heterocycles. The predicted octanol–water partition coefficient (Wildman–Crippen LogP) is 3.85. The van der Waals surface area contributed by atoms with Crippen LogP contribution in [0.5, 0.6) is 0 Å². The summed E-state index contributed by atoms with van der Waals surface area (Å²) in [7, 11) is 0. The largest absolute Gasteiger partial charge is 0.348 e. The standard InChI is InChI=1S/C17H18BrClN2O/c1-11(20)17(22)21-16(13-4-6-14(18)7-5-13)10-12-2-8-15(19)9-3-12/h2-9,11,16H,10,20H2,1H3,(H,21,22)/t11-,16?/m0/s1. The van der Waals surface area contributed by atoms with Crippen molar-refractivity contribution in [3.63, 3.8) is 0 Å². The maximum absolute atomic E-state index is 12.0. The molecule has 2 atom stereocenters.